The molecule has 0 spiro atoms. The normalized spacial score (nSPS) is 11.0. The summed E-state index contributed by atoms with van der Waals surface area (Å²) in [5.74, 6) is -0.537. The molecule has 0 fully saturated rings. The molecule has 6 heteroatoms. The molecule has 3 aromatic rings. The molecule has 0 N–H and O–H groups in total. The molecule has 0 aliphatic rings. The lowest BCUT2D eigenvalue weighted by Gasteiger charge is -2.07. The van der Waals surface area contributed by atoms with Crippen molar-refractivity contribution in [1.82, 2.24) is 14.5 Å². The van der Waals surface area contributed by atoms with Crippen molar-refractivity contribution in [3.8, 4) is 11.4 Å². The van der Waals surface area contributed by atoms with E-state index in [4.69, 9.17) is 11.6 Å². The molecule has 2 aromatic heterocycles. The molecule has 1 aromatic carbocycles. The molecular weight excluding hydrogens is 293 g/mol. The lowest BCUT2D eigenvalue weighted by atomic mass is 10.1. The summed E-state index contributed by atoms with van der Waals surface area (Å²) in [5, 5.41) is 0.584. The molecule has 0 bridgehead atoms. The standard InChI is InChI=1S/C15H11ClFN3O/c1-8(21)14-10(6-18-7-11(14)17)15-19-12-4-3-9(16)5-13(12)20(15)2/h3-7H,1-2H3. The third-order valence-electron chi connectivity index (χ3n) is 3.34. The topological polar surface area (TPSA) is 47.8 Å². The molecule has 0 saturated heterocycles. The van der Waals surface area contributed by atoms with Gasteiger partial charge in [0, 0.05) is 23.8 Å². The fourth-order valence-electron chi connectivity index (χ4n) is 2.37. The number of Topliss-reactive ketones (excluding diaryl/α,β-unsaturated/α-hetero) is 1. The maximum Gasteiger partial charge on any atom is 0.163 e. The number of aromatic nitrogens is 3. The van der Waals surface area contributed by atoms with Crippen LogP contribution in [0.4, 0.5) is 4.39 Å². The van der Waals surface area contributed by atoms with E-state index in [0.29, 0.717) is 16.4 Å². The van der Waals surface area contributed by atoms with E-state index in [1.54, 1.807) is 29.8 Å². The number of aryl methyl sites for hydroxylation is 1. The second-order valence-corrected chi connectivity index (χ2v) is 5.16. The van der Waals surface area contributed by atoms with Crippen molar-refractivity contribution in [3.05, 3.63) is 47.0 Å². The summed E-state index contributed by atoms with van der Waals surface area (Å²) in [4.78, 5) is 20.0. The van der Waals surface area contributed by atoms with E-state index in [1.807, 2.05) is 0 Å². The van der Waals surface area contributed by atoms with Gasteiger partial charge < -0.3 is 4.57 Å². The summed E-state index contributed by atoms with van der Waals surface area (Å²) >= 11 is 5.99. The fraction of sp³-hybridized carbons (Fsp3) is 0.133. The lowest BCUT2D eigenvalue weighted by Crippen LogP contribution is -2.04. The minimum Gasteiger partial charge on any atom is -0.327 e. The number of hydrogen-bond donors (Lipinski definition) is 0. The molecule has 106 valence electrons. The Morgan fingerprint density at radius 1 is 1.33 bits per heavy atom. The predicted octanol–water partition coefficient (Wildman–Crippen LogP) is 3.63. The van der Waals surface area contributed by atoms with Crippen molar-refractivity contribution in [2.45, 2.75) is 6.92 Å². The number of pyridine rings is 1. The van der Waals surface area contributed by atoms with Gasteiger partial charge in [-0.2, -0.15) is 0 Å². The molecular formula is C15H11ClFN3O. The Morgan fingerprint density at radius 3 is 2.81 bits per heavy atom. The number of ketones is 1. The smallest absolute Gasteiger partial charge is 0.163 e. The van der Waals surface area contributed by atoms with Gasteiger partial charge in [0.2, 0.25) is 0 Å². The van der Waals surface area contributed by atoms with Gasteiger partial charge in [0.15, 0.2) is 11.6 Å². The number of carbonyl (C=O) groups excluding carboxylic acids is 1. The van der Waals surface area contributed by atoms with Gasteiger partial charge in [-0.25, -0.2) is 9.37 Å². The van der Waals surface area contributed by atoms with Crippen LogP contribution in [0.2, 0.25) is 5.02 Å². The average Bonchev–Trinajstić information content (AvgIpc) is 2.75. The van der Waals surface area contributed by atoms with Gasteiger partial charge >= 0.3 is 0 Å². The van der Waals surface area contributed by atoms with Crippen LogP contribution in [0, 0.1) is 5.82 Å². The highest BCUT2D eigenvalue weighted by molar-refractivity contribution is 6.31. The maximum absolute atomic E-state index is 13.9. The number of hydrogen-bond acceptors (Lipinski definition) is 3. The molecule has 0 aliphatic heterocycles. The van der Waals surface area contributed by atoms with Gasteiger partial charge in [0.05, 0.1) is 22.8 Å². The number of nitrogens with zero attached hydrogens (tertiary/aromatic N) is 3. The fourth-order valence-corrected chi connectivity index (χ4v) is 2.53. The third kappa shape index (κ3) is 2.19. The molecule has 0 unspecified atom stereocenters. The van der Waals surface area contributed by atoms with Gasteiger partial charge in [-0.3, -0.25) is 9.78 Å². The van der Waals surface area contributed by atoms with Crippen LogP contribution < -0.4 is 0 Å². The highest BCUT2D eigenvalue weighted by Gasteiger charge is 2.19. The second-order valence-electron chi connectivity index (χ2n) is 4.73. The Bertz CT molecular complexity index is 873. The van der Waals surface area contributed by atoms with Crippen LogP contribution >= 0.6 is 11.6 Å². The van der Waals surface area contributed by atoms with Gasteiger partial charge in [0.1, 0.15) is 5.82 Å². The Kier molecular flexibility index (Phi) is 3.22. The molecule has 2 heterocycles. The number of fused-ring (bicyclic) bond motifs is 1. The van der Waals surface area contributed by atoms with Crippen molar-refractivity contribution >= 4 is 28.4 Å². The van der Waals surface area contributed by atoms with E-state index in [0.717, 1.165) is 17.2 Å². The van der Waals surface area contributed by atoms with Gasteiger partial charge in [-0.1, -0.05) is 11.6 Å². The number of halogens is 2. The van der Waals surface area contributed by atoms with Crippen LogP contribution in [-0.2, 0) is 7.05 Å². The summed E-state index contributed by atoms with van der Waals surface area (Å²) in [5.41, 5.74) is 1.89. The zero-order valence-corrected chi connectivity index (χ0v) is 12.1. The minimum absolute atomic E-state index is 0.00509. The Balaban J connectivity index is 2.34. The largest absolute Gasteiger partial charge is 0.327 e. The van der Waals surface area contributed by atoms with Crippen LogP contribution in [-0.4, -0.2) is 20.3 Å². The summed E-state index contributed by atoms with van der Waals surface area (Å²) in [6.07, 6.45) is 2.47. The summed E-state index contributed by atoms with van der Waals surface area (Å²) in [7, 11) is 1.79. The molecule has 0 atom stereocenters. The van der Waals surface area contributed by atoms with Gasteiger partial charge in [0.25, 0.3) is 0 Å². The number of carbonyl (C=O) groups is 1. The number of benzene rings is 1. The highest BCUT2D eigenvalue weighted by Crippen LogP contribution is 2.28. The van der Waals surface area contributed by atoms with Gasteiger partial charge in [-0.05, 0) is 25.1 Å². The van der Waals surface area contributed by atoms with E-state index in [2.05, 4.69) is 9.97 Å². The van der Waals surface area contributed by atoms with E-state index >= 15 is 0 Å². The van der Waals surface area contributed by atoms with E-state index < -0.39 is 5.82 Å². The molecule has 0 amide bonds. The Morgan fingerprint density at radius 2 is 2.10 bits per heavy atom. The first kappa shape index (κ1) is 13.7. The SMILES string of the molecule is CC(=O)c1c(F)cncc1-c1nc2ccc(Cl)cc2n1C. The lowest BCUT2D eigenvalue weighted by molar-refractivity contribution is 0.101. The number of rotatable bonds is 2. The molecule has 0 aliphatic carbocycles. The zero-order valence-electron chi connectivity index (χ0n) is 11.4. The van der Waals surface area contributed by atoms with E-state index in [9.17, 15) is 9.18 Å². The zero-order chi connectivity index (χ0) is 15.1. The quantitative estimate of drug-likeness (QED) is 0.679. The molecule has 0 saturated carbocycles. The van der Waals surface area contributed by atoms with E-state index in [-0.39, 0.29) is 11.3 Å². The molecule has 4 nitrogen and oxygen atoms in total. The number of imidazole rings is 1. The van der Waals surface area contributed by atoms with Crippen molar-refractivity contribution in [2.75, 3.05) is 0 Å². The molecule has 3 rings (SSSR count). The van der Waals surface area contributed by atoms with E-state index in [1.165, 1.54) is 13.1 Å². The first-order chi connectivity index (χ1) is 9.99. The second kappa shape index (κ2) is 4.93. The van der Waals surface area contributed by atoms with Crippen molar-refractivity contribution < 1.29 is 9.18 Å². The van der Waals surface area contributed by atoms with Crippen molar-refractivity contribution in [1.29, 1.82) is 0 Å². The predicted molar refractivity (Wildman–Crippen MR) is 78.9 cm³/mol. The third-order valence-corrected chi connectivity index (χ3v) is 3.57. The first-order valence-corrected chi connectivity index (χ1v) is 6.63. The van der Waals surface area contributed by atoms with Crippen molar-refractivity contribution in [3.63, 3.8) is 0 Å². The molecule has 21 heavy (non-hydrogen) atoms. The van der Waals surface area contributed by atoms with Crippen LogP contribution in [0.15, 0.2) is 30.6 Å². The Labute approximate surface area is 125 Å². The summed E-state index contributed by atoms with van der Waals surface area (Å²) in [6, 6.07) is 5.28. The summed E-state index contributed by atoms with van der Waals surface area (Å²) in [6.45, 7) is 1.32. The first-order valence-electron chi connectivity index (χ1n) is 6.26. The Hall–Kier alpha value is -2.27. The highest BCUT2D eigenvalue weighted by atomic mass is 35.5. The summed E-state index contributed by atoms with van der Waals surface area (Å²) < 4.78 is 15.7. The maximum atomic E-state index is 13.9. The average molecular weight is 304 g/mol. The monoisotopic (exact) mass is 303 g/mol. The van der Waals surface area contributed by atoms with Crippen LogP contribution in [0.25, 0.3) is 22.4 Å². The van der Waals surface area contributed by atoms with Crippen LogP contribution in [0.3, 0.4) is 0 Å². The van der Waals surface area contributed by atoms with Crippen molar-refractivity contribution in [2.24, 2.45) is 7.05 Å². The minimum atomic E-state index is -0.648. The van der Waals surface area contributed by atoms with Crippen LogP contribution in [0.5, 0.6) is 0 Å². The van der Waals surface area contributed by atoms with Gasteiger partial charge in [-0.15, -0.1) is 0 Å². The van der Waals surface area contributed by atoms with Crippen LogP contribution in [0.1, 0.15) is 17.3 Å². The molecule has 0 radical (unpaired) electrons.